The highest BCUT2D eigenvalue weighted by Gasteiger charge is 2.21. The quantitative estimate of drug-likeness (QED) is 0.305. The Bertz CT molecular complexity index is 1420. The van der Waals surface area contributed by atoms with E-state index >= 15 is 0 Å². The molecule has 9 heteroatoms. The first-order valence-corrected chi connectivity index (χ1v) is 12.5. The molecule has 38 heavy (non-hydrogen) atoms. The van der Waals surface area contributed by atoms with Crippen LogP contribution in [-0.4, -0.2) is 48.2 Å². The van der Waals surface area contributed by atoms with Crippen LogP contribution >= 0.6 is 0 Å². The Morgan fingerprint density at radius 3 is 2.47 bits per heavy atom. The van der Waals surface area contributed by atoms with E-state index in [9.17, 15) is 8.78 Å². The summed E-state index contributed by atoms with van der Waals surface area (Å²) in [6.07, 6.45) is 3.45. The number of halogens is 2. The smallest absolute Gasteiger partial charge is 0.145 e. The number of nitrogens with zero attached hydrogens (tertiary/aromatic N) is 3. The van der Waals surface area contributed by atoms with E-state index in [1.54, 1.807) is 13.2 Å². The van der Waals surface area contributed by atoms with Gasteiger partial charge in [-0.25, -0.2) is 18.7 Å². The molecule has 1 aromatic heterocycles. The molecule has 4 aromatic rings. The third-order valence-electron chi connectivity index (χ3n) is 6.74. The van der Waals surface area contributed by atoms with Crippen LogP contribution in [0.15, 0.2) is 54.9 Å². The first kappa shape index (κ1) is 25.7. The van der Waals surface area contributed by atoms with Gasteiger partial charge >= 0.3 is 0 Å². The van der Waals surface area contributed by atoms with Gasteiger partial charge in [-0.05, 0) is 62.7 Å². The first-order valence-electron chi connectivity index (χ1n) is 12.5. The second-order valence-corrected chi connectivity index (χ2v) is 9.46. The molecule has 198 valence electrons. The van der Waals surface area contributed by atoms with Crippen molar-refractivity contribution >= 4 is 22.4 Å². The molecule has 1 aliphatic rings. The lowest BCUT2D eigenvalue weighted by Gasteiger charge is -2.29. The number of aryl methyl sites for hydroxylation is 1. The van der Waals surface area contributed by atoms with Gasteiger partial charge in [0.2, 0.25) is 0 Å². The molecule has 1 fully saturated rings. The number of fused-ring (bicyclic) bond motifs is 1. The molecule has 0 saturated carbocycles. The number of methoxy groups -OCH3 is 1. The molecule has 0 spiro atoms. The van der Waals surface area contributed by atoms with Gasteiger partial charge in [0.25, 0.3) is 0 Å². The van der Waals surface area contributed by atoms with Gasteiger partial charge in [0.05, 0.1) is 23.6 Å². The van der Waals surface area contributed by atoms with Gasteiger partial charge < -0.3 is 24.4 Å². The molecule has 0 bridgehead atoms. The number of nitrogens with one attached hydrogen (secondary N) is 1. The zero-order chi connectivity index (χ0) is 26.6. The van der Waals surface area contributed by atoms with Gasteiger partial charge in [-0.3, -0.25) is 0 Å². The summed E-state index contributed by atoms with van der Waals surface area (Å²) in [5, 5.41) is 4.14. The Kier molecular flexibility index (Phi) is 7.55. The van der Waals surface area contributed by atoms with Crippen LogP contribution in [0, 0.1) is 18.6 Å². The minimum atomic E-state index is -0.633. The summed E-state index contributed by atoms with van der Waals surface area (Å²) >= 11 is 0. The minimum absolute atomic E-state index is 0.0903. The van der Waals surface area contributed by atoms with Crippen molar-refractivity contribution in [1.82, 2.24) is 14.9 Å². The maximum atomic E-state index is 14.0. The normalized spacial score (nSPS) is 14.4. The molecule has 0 radical (unpaired) electrons. The fraction of sp³-hybridized carbons (Fsp3) is 0.310. The van der Waals surface area contributed by atoms with E-state index in [2.05, 4.69) is 27.2 Å². The summed E-state index contributed by atoms with van der Waals surface area (Å²) in [6.45, 7) is 3.62. The summed E-state index contributed by atoms with van der Waals surface area (Å²) in [4.78, 5) is 11.3. The van der Waals surface area contributed by atoms with Crippen molar-refractivity contribution in [2.45, 2.75) is 32.5 Å². The molecule has 0 aliphatic carbocycles. The molecule has 0 unspecified atom stereocenters. The summed E-state index contributed by atoms with van der Waals surface area (Å²) in [7, 11) is 3.73. The van der Waals surface area contributed by atoms with Crippen LogP contribution in [-0.2, 0) is 6.61 Å². The van der Waals surface area contributed by atoms with Gasteiger partial charge in [0.15, 0.2) is 0 Å². The lowest BCUT2D eigenvalue weighted by molar-refractivity contribution is 0.115. The van der Waals surface area contributed by atoms with Crippen LogP contribution in [0.1, 0.15) is 24.0 Å². The van der Waals surface area contributed by atoms with Crippen LogP contribution in [0.5, 0.6) is 17.2 Å². The summed E-state index contributed by atoms with van der Waals surface area (Å²) < 4.78 is 45.6. The number of likely N-dealkylation sites (tertiary alicyclic amines) is 1. The molecule has 1 N–H and O–H groups in total. The Morgan fingerprint density at radius 1 is 1.00 bits per heavy atom. The number of ether oxygens (including phenoxy) is 3. The number of benzene rings is 3. The van der Waals surface area contributed by atoms with Gasteiger partial charge in [0, 0.05) is 30.9 Å². The fourth-order valence-corrected chi connectivity index (χ4v) is 4.56. The molecular weight excluding hydrogens is 490 g/mol. The summed E-state index contributed by atoms with van der Waals surface area (Å²) in [5.41, 5.74) is 2.17. The number of hydrogen-bond donors (Lipinski definition) is 1. The second kappa shape index (κ2) is 11.2. The SMILES string of the molecule is COc1cc(OC2CCN(C)CC2)c2c(Nc3ccc(OCc4c(F)cccc4F)c(C)c3)ncnc2c1. The molecule has 7 nitrogen and oxygen atoms in total. The molecule has 1 aliphatic heterocycles. The zero-order valence-corrected chi connectivity index (χ0v) is 21.6. The number of rotatable bonds is 8. The van der Waals surface area contributed by atoms with E-state index < -0.39 is 11.6 Å². The van der Waals surface area contributed by atoms with E-state index in [4.69, 9.17) is 14.2 Å². The predicted octanol–water partition coefficient (Wildman–Crippen LogP) is 6.02. The third kappa shape index (κ3) is 5.62. The summed E-state index contributed by atoms with van der Waals surface area (Å²) in [6, 6.07) is 13.0. The van der Waals surface area contributed by atoms with Crippen LogP contribution in [0.2, 0.25) is 0 Å². The van der Waals surface area contributed by atoms with Crippen molar-refractivity contribution < 1.29 is 23.0 Å². The Morgan fingerprint density at radius 2 is 1.76 bits per heavy atom. The lowest BCUT2D eigenvalue weighted by Crippen LogP contribution is -2.35. The second-order valence-electron chi connectivity index (χ2n) is 9.46. The molecular formula is C29H30F2N4O3. The van der Waals surface area contributed by atoms with Crippen LogP contribution < -0.4 is 19.5 Å². The lowest BCUT2D eigenvalue weighted by atomic mass is 10.1. The van der Waals surface area contributed by atoms with Crippen molar-refractivity contribution in [3.8, 4) is 17.2 Å². The highest BCUT2D eigenvalue weighted by atomic mass is 19.1. The van der Waals surface area contributed by atoms with E-state index in [1.807, 2.05) is 31.2 Å². The van der Waals surface area contributed by atoms with Gasteiger partial charge in [-0.1, -0.05) is 6.07 Å². The average molecular weight is 521 g/mol. The maximum Gasteiger partial charge on any atom is 0.145 e. The maximum absolute atomic E-state index is 14.0. The number of hydrogen-bond acceptors (Lipinski definition) is 7. The van der Waals surface area contributed by atoms with Crippen LogP contribution in [0.3, 0.4) is 0 Å². The van der Waals surface area contributed by atoms with Gasteiger partial charge in [-0.2, -0.15) is 0 Å². The highest BCUT2D eigenvalue weighted by molar-refractivity contribution is 5.96. The third-order valence-corrected chi connectivity index (χ3v) is 6.74. The monoisotopic (exact) mass is 520 g/mol. The predicted molar refractivity (Wildman–Crippen MR) is 142 cm³/mol. The fourth-order valence-electron chi connectivity index (χ4n) is 4.56. The topological polar surface area (TPSA) is 68.7 Å². The number of piperidine rings is 1. The van der Waals surface area contributed by atoms with E-state index in [1.165, 1.54) is 24.5 Å². The van der Waals surface area contributed by atoms with Crippen LogP contribution in [0.25, 0.3) is 10.9 Å². The van der Waals surface area contributed by atoms with E-state index in [0.717, 1.165) is 42.6 Å². The molecule has 3 aromatic carbocycles. The van der Waals surface area contributed by atoms with E-state index in [0.29, 0.717) is 28.6 Å². The minimum Gasteiger partial charge on any atom is -0.497 e. The molecule has 5 rings (SSSR count). The van der Waals surface area contributed by atoms with Gasteiger partial charge in [-0.15, -0.1) is 0 Å². The molecule has 2 heterocycles. The largest absolute Gasteiger partial charge is 0.497 e. The van der Waals surface area contributed by atoms with Gasteiger partial charge in [0.1, 0.15) is 53.7 Å². The molecule has 0 atom stereocenters. The number of anilines is 2. The Hall–Kier alpha value is -3.98. The Labute approximate surface area is 220 Å². The van der Waals surface area contributed by atoms with Crippen molar-refractivity contribution in [3.05, 3.63) is 77.6 Å². The van der Waals surface area contributed by atoms with Crippen molar-refractivity contribution in [3.63, 3.8) is 0 Å². The van der Waals surface area contributed by atoms with Crippen LogP contribution in [0.4, 0.5) is 20.3 Å². The first-order chi connectivity index (χ1) is 18.4. The Balaban J connectivity index is 1.39. The standard InChI is InChI=1S/C29H30F2N4O3/c1-18-13-19(7-8-26(18)37-16-22-23(30)5-4-6-24(22)31)34-29-28-25(32-17-33-29)14-21(36-3)15-27(28)38-20-9-11-35(2)12-10-20/h4-8,13-15,17,20H,9-12,16H2,1-3H3,(H,32,33,34). The van der Waals surface area contributed by atoms with Crippen molar-refractivity contribution in [2.24, 2.45) is 0 Å². The average Bonchev–Trinajstić information content (AvgIpc) is 2.90. The molecule has 1 saturated heterocycles. The zero-order valence-electron chi connectivity index (χ0n) is 21.6. The summed E-state index contributed by atoms with van der Waals surface area (Å²) in [5.74, 6) is 1.19. The van der Waals surface area contributed by atoms with Crippen molar-refractivity contribution in [2.75, 3.05) is 32.6 Å². The highest BCUT2D eigenvalue weighted by Crippen LogP contribution is 2.37. The molecule has 0 amide bonds. The van der Waals surface area contributed by atoms with Crippen molar-refractivity contribution in [1.29, 1.82) is 0 Å². The number of aromatic nitrogens is 2. The van der Waals surface area contributed by atoms with E-state index in [-0.39, 0.29) is 18.3 Å².